The van der Waals surface area contributed by atoms with Crippen molar-refractivity contribution in [2.45, 2.75) is 39.4 Å². The van der Waals surface area contributed by atoms with Gasteiger partial charge in [0, 0.05) is 17.3 Å². The molecule has 6 heteroatoms. The smallest absolute Gasteiger partial charge is 0.258 e. The van der Waals surface area contributed by atoms with E-state index in [0.717, 1.165) is 17.7 Å². The van der Waals surface area contributed by atoms with Crippen LogP contribution in [0.1, 0.15) is 49.3 Å². The van der Waals surface area contributed by atoms with Crippen LogP contribution < -0.4 is 14.8 Å². The molecule has 0 radical (unpaired) electrons. The van der Waals surface area contributed by atoms with Crippen molar-refractivity contribution < 1.29 is 14.3 Å². The first-order valence-electron chi connectivity index (χ1n) is 9.20. The molecule has 2 atom stereocenters. The zero-order chi connectivity index (χ0) is 19.6. The first kappa shape index (κ1) is 19.4. The highest BCUT2D eigenvalue weighted by molar-refractivity contribution is 6.32. The topological polar surface area (TPSA) is 50.8 Å². The number of fused-ring (bicyclic) bond motifs is 1. The maximum atomic E-state index is 13.2. The number of nitrogens with zero attached hydrogens (tertiary/aromatic N) is 1. The molecule has 5 nitrogen and oxygen atoms in total. The second-order valence-corrected chi connectivity index (χ2v) is 6.94. The summed E-state index contributed by atoms with van der Waals surface area (Å²) in [6.07, 6.45) is 0.499. The Morgan fingerprint density at radius 2 is 2.00 bits per heavy atom. The molecular formula is C21H25ClN2O3. The molecule has 0 aliphatic carbocycles. The third kappa shape index (κ3) is 3.56. The van der Waals surface area contributed by atoms with Crippen LogP contribution in [-0.2, 0) is 0 Å². The third-order valence-electron chi connectivity index (χ3n) is 4.88. The van der Waals surface area contributed by atoms with Crippen LogP contribution in [0.25, 0.3) is 0 Å². The third-order valence-corrected chi connectivity index (χ3v) is 5.16. The Morgan fingerprint density at radius 1 is 1.26 bits per heavy atom. The quantitative estimate of drug-likeness (QED) is 0.746. The van der Waals surface area contributed by atoms with Crippen molar-refractivity contribution in [1.29, 1.82) is 0 Å². The van der Waals surface area contributed by atoms with Crippen LogP contribution >= 0.6 is 11.6 Å². The fourth-order valence-electron chi connectivity index (χ4n) is 3.37. The molecule has 3 rings (SSSR count). The summed E-state index contributed by atoms with van der Waals surface area (Å²) in [7, 11) is 1.56. The molecule has 2 aromatic carbocycles. The number of anilines is 1. The molecule has 144 valence electrons. The molecule has 0 aromatic heterocycles. The van der Waals surface area contributed by atoms with Gasteiger partial charge in [-0.25, -0.2) is 0 Å². The van der Waals surface area contributed by atoms with Crippen molar-refractivity contribution in [3.8, 4) is 11.5 Å². The number of ether oxygens (including phenoxy) is 2. The van der Waals surface area contributed by atoms with E-state index in [0.29, 0.717) is 28.7 Å². The number of rotatable bonds is 6. The average molecular weight is 389 g/mol. The highest BCUT2D eigenvalue weighted by atomic mass is 35.5. The Hall–Kier alpha value is -2.40. The van der Waals surface area contributed by atoms with Gasteiger partial charge in [-0.2, -0.15) is 0 Å². The van der Waals surface area contributed by atoms with E-state index in [2.05, 4.69) is 19.2 Å². The molecule has 1 aliphatic rings. The van der Waals surface area contributed by atoms with Crippen LogP contribution in [0, 0.1) is 0 Å². The highest BCUT2D eigenvalue weighted by Crippen LogP contribution is 2.41. The number of hydrogen-bond donors (Lipinski definition) is 1. The lowest BCUT2D eigenvalue weighted by Gasteiger charge is -2.41. The van der Waals surface area contributed by atoms with Gasteiger partial charge in [0.2, 0.25) is 0 Å². The summed E-state index contributed by atoms with van der Waals surface area (Å²) < 4.78 is 11.1. The van der Waals surface area contributed by atoms with Crippen LogP contribution in [0.2, 0.25) is 5.02 Å². The number of benzene rings is 2. The summed E-state index contributed by atoms with van der Waals surface area (Å²) in [6, 6.07) is 11.3. The van der Waals surface area contributed by atoms with E-state index >= 15 is 0 Å². The van der Waals surface area contributed by atoms with Gasteiger partial charge in [-0.15, -0.1) is 0 Å². The number of para-hydroxylation sites is 1. The van der Waals surface area contributed by atoms with Gasteiger partial charge in [0.1, 0.15) is 6.17 Å². The molecule has 1 aliphatic heterocycles. The van der Waals surface area contributed by atoms with Crippen molar-refractivity contribution >= 4 is 23.2 Å². The van der Waals surface area contributed by atoms with E-state index in [9.17, 15) is 4.79 Å². The largest absolute Gasteiger partial charge is 0.491 e. The van der Waals surface area contributed by atoms with Gasteiger partial charge in [-0.1, -0.05) is 30.7 Å². The number of carbonyl (C=O) groups excluding carboxylic acids is 1. The van der Waals surface area contributed by atoms with Gasteiger partial charge in [0.15, 0.2) is 11.5 Å². The molecule has 0 fully saturated rings. The van der Waals surface area contributed by atoms with Crippen molar-refractivity contribution in [2.75, 3.05) is 19.0 Å². The first-order chi connectivity index (χ1) is 13.0. The van der Waals surface area contributed by atoms with Crippen molar-refractivity contribution in [3.63, 3.8) is 0 Å². The van der Waals surface area contributed by atoms with Crippen LogP contribution in [-0.4, -0.2) is 30.6 Å². The van der Waals surface area contributed by atoms with Crippen LogP contribution in [0.15, 0.2) is 36.4 Å². The van der Waals surface area contributed by atoms with Crippen molar-refractivity contribution in [1.82, 2.24) is 4.90 Å². The number of nitrogens with one attached hydrogen (secondary N) is 1. The van der Waals surface area contributed by atoms with Gasteiger partial charge in [-0.3, -0.25) is 4.79 Å². The Kier molecular flexibility index (Phi) is 5.80. The lowest BCUT2D eigenvalue weighted by atomic mass is 10.0. The SMILES string of the molecule is CCOc1cc([C@H]2Nc3ccccc3C(=O)N2[C@H](C)CC)cc(Cl)c1OC. The van der Waals surface area contributed by atoms with E-state index in [4.69, 9.17) is 21.1 Å². The van der Waals surface area contributed by atoms with Gasteiger partial charge in [0.25, 0.3) is 5.91 Å². The summed E-state index contributed by atoms with van der Waals surface area (Å²) in [5, 5.41) is 3.95. The molecule has 0 unspecified atom stereocenters. The molecule has 0 saturated carbocycles. The van der Waals surface area contributed by atoms with Crippen LogP contribution in [0.5, 0.6) is 11.5 Å². The van der Waals surface area contributed by atoms with Gasteiger partial charge in [-0.05, 0) is 44.5 Å². The Balaban J connectivity index is 2.12. The van der Waals surface area contributed by atoms with Gasteiger partial charge >= 0.3 is 0 Å². The average Bonchev–Trinajstić information content (AvgIpc) is 2.67. The van der Waals surface area contributed by atoms with E-state index < -0.39 is 0 Å². The van der Waals surface area contributed by atoms with Crippen LogP contribution in [0.3, 0.4) is 0 Å². The predicted molar refractivity (Wildman–Crippen MR) is 108 cm³/mol. The summed E-state index contributed by atoms with van der Waals surface area (Å²) in [5.74, 6) is 1.08. The second-order valence-electron chi connectivity index (χ2n) is 6.53. The minimum atomic E-state index is -0.343. The minimum absolute atomic E-state index is 0.00796. The summed E-state index contributed by atoms with van der Waals surface area (Å²) in [5.41, 5.74) is 2.35. The molecule has 1 amide bonds. The highest BCUT2D eigenvalue weighted by Gasteiger charge is 2.36. The van der Waals surface area contributed by atoms with Crippen molar-refractivity contribution in [3.05, 3.63) is 52.5 Å². The molecule has 1 N–H and O–H groups in total. The second kappa shape index (κ2) is 8.09. The zero-order valence-corrected chi connectivity index (χ0v) is 16.8. The van der Waals surface area contributed by atoms with E-state index in [1.807, 2.05) is 48.2 Å². The summed E-state index contributed by atoms with van der Waals surface area (Å²) in [6.45, 7) is 6.52. The molecule has 1 heterocycles. The standard InChI is InChI=1S/C21H25ClN2O3/c1-5-13(3)24-20(23-17-10-8-7-9-15(17)21(24)25)14-11-16(22)19(26-4)18(12-14)27-6-2/h7-13,20,23H,5-6H2,1-4H3/t13-,20+/m1/s1. The predicted octanol–water partition coefficient (Wildman–Crippen LogP) is 5.11. The molecule has 27 heavy (non-hydrogen) atoms. The summed E-state index contributed by atoms with van der Waals surface area (Å²) >= 11 is 6.45. The number of amides is 1. The molecule has 0 bridgehead atoms. The normalized spacial score (nSPS) is 17.1. The number of carbonyl (C=O) groups is 1. The lowest BCUT2D eigenvalue weighted by Crippen LogP contribution is -2.47. The fourth-order valence-corrected chi connectivity index (χ4v) is 3.67. The first-order valence-corrected chi connectivity index (χ1v) is 9.58. The Morgan fingerprint density at radius 3 is 2.67 bits per heavy atom. The number of methoxy groups -OCH3 is 1. The molecule has 0 spiro atoms. The Labute approximate surface area is 165 Å². The molecule has 0 saturated heterocycles. The van der Waals surface area contributed by atoms with Gasteiger partial charge in [0.05, 0.1) is 24.3 Å². The Bertz CT molecular complexity index is 840. The number of halogens is 1. The van der Waals surface area contributed by atoms with E-state index in [-0.39, 0.29) is 18.1 Å². The van der Waals surface area contributed by atoms with Crippen molar-refractivity contribution in [2.24, 2.45) is 0 Å². The minimum Gasteiger partial charge on any atom is -0.491 e. The number of hydrogen-bond acceptors (Lipinski definition) is 4. The monoisotopic (exact) mass is 388 g/mol. The zero-order valence-electron chi connectivity index (χ0n) is 16.1. The lowest BCUT2D eigenvalue weighted by molar-refractivity contribution is 0.0593. The molecule has 2 aromatic rings. The van der Waals surface area contributed by atoms with Crippen LogP contribution in [0.4, 0.5) is 5.69 Å². The van der Waals surface area contributed by atoms with Gasteiger partial charge < -0.3 is 19.7 Å². The fraction of sp³-hybridized carbons (Fsp3) is 0.381. The van der Waals surface area contributed by atoms with E-state index in [1.165, 1.54) is 0 Å². The van der Waals surface area contributed by atoms with E-state index in [1.54, 1.807) is 7.11 Å². The maximum Gasteiger partial charge on any atom is 0.258 e. The summed E-state index contributed by atoms with van der Waals surface area (Å²) in [4.78, 5) is 15.1. The maximum absolute atomic E-state index is 13.2. The molecular weight excluding hydrogens is 364 g/mol.